The second-order valence-electron chi connectivity index (χ2n) is 6.03. The van der Waals surface area contributed by atoms with Gasteiger partial charge in [-0.2, -0.15) is 5.10 Å². The van der Waals surface area contributed by atoms with Crippen LogP contribution in [-0.4, -0.2) is 21.2 Å². The second kappa shape index (κ2) is 5.90. The summed E-state index contributed by atoms with van der Waals surface area (Å²) in [5, 5.41) is 4.70. The summed E-state index contributed by atoms with van der Waals surface area (Å²) in [6.07, 6.45) is 4.30. The van der Waals surface area contributed by atoms with Gasteiger partial charge >= 0.3 is 0 Å². The van der Waals surface area contributed by atoms with Crippen LogP contribution >= 0.6 is 0 Å². The van der Waals surface area contributed by atoms with Crippen LogP contribution in [0.1, 0.15) is 43.1 Å². The first-order chi connectivity index (χ1) is 10.2. The molecule has 0 saturated heterocycles. The average Bonchev–Trinajstić information content (AvgIpc) is 2.94. The van der Waals surface area contributed by atoms with E-state index >= 15 is 0 Å². The number of hydrogen-bond donors (Lipinski definition) is 1. The summed E-state index contributed by atoms with van der Waals surface area (Å²) in [4.78, 5) is 2.45. The lowest BCUT2D eigenvalue weighted by Gasteiger charge is -2.28. The molecular weight excluding hydrogens is 260 g/mol. The number of rotatable bonds is 4. The van der Waals surface area contributed by atoms with Crippen LogP contribution < -0.4 is 5.73 Å². The lowest BCUT2D eigenvalue weighted by atomic mass is 9.99. The molecule has 4 nitrogen and oxygen atoms in total. The van der Waals surface area contributed by atoms with Crippen molar-refractivity contribution in [2.75, 3.05) is 12.3 Å². The first-order valence-corrected chi connectivity index (χ1v) is 7.79. The molecule has 3 rings (SSSR count). The van der Waals surface area contributed by atoms with Gasteiger partial charge in [0.25, 0.3) is 0 Å². The van der Waals surface area contributed by atoms with Gasteiger partial charge in [-0.15, -0.1) is 0 Å². The number of nitrogens with zero attached hydrogens (tertiary/aromatic N) is 3. The summed E-state index contributed by atoms with van der Waals surface area (Å²) in [7, 11) is 0. The Morgan fingerprint density at radius 3 is 2.95 bits per heavy atom. The molecule has 112 valence electrons. The summed E-state index contributed by atoms with van der Waals surface area (Å²) >= 11 is 0. The van der Waals surface area contributed by atoms with Crippen molar-refractivity contribution in [3.05, 3.63) is 47.3 Å². The first kappa shape index (κ1) is 14.1. The van der Waals surface area contributed by atoms with Gasteiger partial charge in [0.2, 0.25) is 0 Å². The minimum absolute atomic E-state index is 0.473. The molecular formula is C17H24N4. The van der Waals surface area contributed by atoms with E-state index in [0.29, 0.717) is 6.04 Å². The summed E-state index contributed by atoms with van der Waals surface area (Å²) in [6, 6.07) is 8.89. The maximum Gasteiger partial charge on any atom is 0.0765 e. The fraction of sp³-hybridized carbons (Fsp3) is 0.471. The van der Waals surface area contributed by atoms with E-state index in [1.54, 1.807) is 0 Å². The standard InChI is InChI=1S/C17H24N4/c1-3-13(2)21-9-7-17(19-21)12-20-8-6-14-4-5-16(18)10-15(14)11-20/h4-5,7,9-10,13H,3,6,8,11-12,18H2,1-2H3. The van der Waals surface area contributed by atoms with Gasteiger partial charge in [0.05, 0.1) is 5.69 Å². The Hall–Kier alpha value is -1.81. The Bertz CT molecular complexity index is 617. The Labute approximate surface area is 126 Å². The molecule has 0 bridgehead atoms. The van der Waals surface area contributed by atoms with E-state index in [2.05, 4.69) is 47.8 Å². The predicted octanol–water partition coefficient (Wildman–Crippen LogP) is 2.99. The Morgan fingerprint density at radius 1 is 1.29 bits per heavy atom. The van der Waals surface area contributed by atoms with Crippen molar-refractivity contribution in [1.82, 2.24) is 14.7 Å². The molecule has 1 atom stereocenters. The highest BCUT2D eigenvalue weighted by molar-refractivity contribution is 5.45. The minimum Gasteiger partial charge on any atom is -0.399 e. The van der Waals surface area contributed by atoms with Crippen LogP contribution in [-0.2, 0) is 19.5 Å². The maximum atomic E-state index is 5.90. The Balaban J connectivity index is 1.68. The largest absolute Gasteiger partial charge is 0.399 e. The lowest BCUT2D eigenvalue weighted by Crippen LogP contribution is -2.30. The number of fused-ring (bicyclic) bond motifs is 1. The van der Waals surface area contributed by atoms with Gasteiger partial charge in [-0.1, -0.05) is 13.0 Å². The van der Waals surface area contributed by atoms with E-state index in [9.17, 15) is 0 Å². The van der Waals surface area contributed by atoms with E-state index in [0.717, 1.165) is 43.9 Å². The molecule has 1 aliphatic heterocycles. The molecule has 2 N–H and O–H groups in total. The van der Waals surface area contributed by atoms with E-state index in [-0.39, 0.29) is 0 Å². The number of benzene rings is 1. The van der Waals surface area contributed by atoms with Gasteiger partial charge in [0, 0.05) is 37.6 Å². The second-order valence-corrected chi connectivity index (χ2v) is 6.03. The number of aromatic nitrogens is 2. The Kier molecular flexibility index (Phi) is 3.97. The van der Waals surface area contributed by atoms with Crippen LogP contribution in [0.2, 0.25) is 0 Å². The van der Waals surface area contributed by atoms with Gasteiger partial charge in [0.1, 0.15) is 0 Å². The molecule has 2 heterocycles. The molecule has 0 fully saturated rings. The summed E-state index contributed by atoms with van der Waals surface area (Å²) in [6.45, 7) is 7.37. The number of hydrogen-bond acceptors (Lipinski definition) is 3. The third-order valence-electron chi connectivity index (χ3n) is 4.41. The molecule has 1 aromatic heterocycles. The number of nitrogens with two attached hydrogens (primary N) is 1. The minimum atomic E-state index is 0.473. The molecule has 0 saturated carbocycles. The molecule has 2 aromatic rings. The van der Waals surface area contributed by atoms with Crippen molar-refractivity contribution in [3.63, 3.8) is 0 Å². The van der Waals surface area contributed by atoms with E-state index in [1.807, 2.05) is 6.07 Å². The summed E-state index contributed by atoms with van der Waals surface area (Å²) < 4.78 is 2.07. The fourth-order valence-electron chi connectivity index (χ4n) is 2.89. The quantitative estimate of drug-likeness (QED) is 0.878. The smallest absolute Gasteiger partial charge is 0.0765 e. The SMILES string of the molecule is CCC(C)n1ccc(CN2CCc3ccc(N)cc3C2)n1. The molecule has 1 unspecified atom stereocenters. The van der Waals surface area contributed by atoms with Crippen LogP contribution in [0, 0.1) is 0 Å². The van der Waals surface area contributed by atoms with Crippen LogP contribution in [0.25, 0.3) is 0 Å². The lowest BCUT2D eigenvalue weighted by molar-refractivity contribution is 0.241. The number of anilines is 1. The Morgan fingerprint density at radius 2 is 2.14 bits per heavy atom. The predicted molar refractivity (Wildman–Crippen MR) is 85.9 cm³/mol. The highest BCUT2D eigenvalue weighted by atomic mass is 15.3. The molecule has 4 heteroatoms. The molecule has 0 aliphatic carbocycles. The van der Waals surface area contributed by atoms with Gasteiger partial charge in [-0.3, -0.25) is 9.58 Å². The topological polar surface area (TPSA) is 47.1 Å². The van der Waals surface area contributed by atoms with Crippen LogP contribution in [0.3, 0.4) is 0 Å². The van der Waals surface area contributed by atoms with Crippen LogP contribution in [0.4, 0.5) is 5.69 Å². The maximum absolute atomic E-state index is 5.90. The third-order valence-corrected chi connectivity index (χ3v) is 4.41. The van der Waals surface area contributed by atoms with Gasteiger partial charge in [0.15, 0.2) is 0 Å². The molecule has 0 radical (unpaired) electrons. The monoisotopic (exact) mass is 284 g/mol. The van der Waals surface area contributed by atoms with E-state index < -0.39 is 0 Å². The van der Waals surface area contributed by atoms with E-state index in [1.165, 1.54) is 11.1 Å². The average molecular weight is 284 g/mol. The van der Waals surface area contributed by atoms with Crippen LogP contribution in [0.15, 0.2) is 30.5 Å². The molecule has 1 aromatic carbocycles. The molecule has 0 amide bonds. The zero-order chi connectivity index (χ0) is 14.8. The molecule has 1 aliphatic rings. The molecule has 0 spiro atoms. The normalized spacial score (nSPS) is 16.7. The summed E-state index contributed by atoms with van der Waals surface area (Å²) in [5.41, 5.74) is 10.7. The first-order valence-electron chi connectivity index (χ1n) is 7.79. The summed E-state index contributed by atoms with van der Waals surface area (Å²) in [5.74, 6) is 0. The van der Waals surface area contributed by atoms with Crippen molar-refractivity contribution >= 4 is 5.69 Å². The fourth-order valence-corrected chi connectivity index (χ4v) is 2.89. The zero-order valence-electron chi connectivity index (χ0n) is 12.9. The van der Waals surface area contributed by atoms with E-state index in [4.69, 9.17) is 10.8 Å². The van der Waals surface area contributed by atoms with Gasteiger partial charge in [-0.05, 0) is 49.1 Å². The van der Waals surface area contributed by atoms with Crippen molar-refractivity contribution in [2.24, 2.45) is 0 Å². The highest BCUT2D eigenvalue weighted by Gasteiger charge is 2.17. The highest BCUT2D eigenvalue weighted by Crippen LogP contribution is 2.22. The van der Waals surface area contributed by atoms with Crippen molar-refractivity contribution in [1.29, 1.82) is 0 Å². The molecule has 21 heavy (non-hydrogen) atoms. The third kappa shape index (κ3) is 3.10. The van der Waals surface area contributed by atoms with Gasteiger partial charge < -0.3 is 5.73 Å². The van der Waals surface area contributed by atoms with Gasteiger partial charge in [-0.25, -0.2) is 0 Å². The van der Waals surface area contributed by atoms with Crippen molar-refractivity contribution in [2.45, 2.75) is 45.8 Å². The number of nitrogen functional groups attached to an aromatic ring is 1. The van der Waals surface area contributed by atoms with Crippen molar-refractivity contribution in [3.8, 4) is 0 Å². The zero-order valence-corrected chi connectivity index (χ0v) is 12.9. The van der Waals surface area contributed by atoms with Crippen LogP contribution in [0.5, 0.6) is 0 Å². The van der Waals surface area contributed by atoms with Crippen molar-refractivity contribution < 1.29 is 0 Å².